The van der Waals surface area contributed by atoms with Crippen molar-refractivity contribution in [2.45, 2.75) is 12.3 Å². The van der Waals surface area contributed by atoms with Crippen LogP contribution in [0.15, 0.2) is 35.1 Å². The molecule has 0 aliphatic heterocycles. The number of rotatable bonds is 5. The van der Waals surface area contributed by atoms with E-state index in [-0.39, 0.29) is 52.2 Å². The molecule has 1 heterocycles. The number of nitrogens with zero attached hydrogens (tertiary/aromatic N) is 2. The summed E-state index contributed by atoms with van der Waals surface area (Å²) in [7, 11) is -2.29. The van der Waals surface area contributed by atoms with Crippen LogP contribution in [0.5, 0.6) is 5.88 Å². The zero-order valence-electron chi connectivity index (χ0n) is 14.9. The number of hydrogen-bond acceptors (Lipinski definition) is 8. The maximum atomic E-state index is 12.8. The summed E-state index contributed by atoms with van der Waals surface area (Å²) in [6.07, 6.45) is -1.05. The molecule has 1 aromatic carbocycles. The van der Waals surface area contributed by atoms with Gasteiger partial charge in [-0.15, -0.1) is 0 Å². The second-order valence-electron chi connectivity index (χ2n) is 5.26. The molecule has 2 aromatic rings. The average molecular weight is 422 g/mol. The Balaban J connectivity index is 0.00000364. The summed E-state index contributed by atoms with van der Waals surface area (Å²) < 4.78 is 44.3. The molecule has 0 saturated heterocycles. The molecule has 9 nitrogen and oxygen atoms in total. The largest absolute Gasteiger partial charge is 1.00 e. The minimum absolute atomic E-state index is 0. The van der Waals surface area contributed by atoms with Crippen LogP contribution in [0.4, 0.5) is 4.79 Å². The topological polar surface area (TPSA) is 120 Å². The van der Waals surface area contributed by atoms with Crippen molar-refractivity contribution in [3.63, 3.8) is 0 Å². The molecular formula is C15H15N2NaO7S2. The molecule has 0 radical (unpaired) electrons. The maximum Gasteiger partial charge on any atom is 1.00 e. The van der Waals surface area contributed by atoms with Crippen LogP contribution in [0.2, 0.25) is 0 Å². The molecule has 0 atom stereocenters. The molecule has 27 heavy (non-hydrogen) atoms. The van der Waals surface area contributed by atoms with Crippen LogP contribution in [0.1, 0.15) is 11.1 Å². The summed E-state index contributed by atoms with van der Waals surface area (Å²) in [5.41, 5.74) is -0.176. The minimum atomic E-state index is -4.77. The Bertz CT molecular complexity index is 1050. The Kier molecular flexibility index (Phi) is 8.39. The fraction of sp³-hybridized carbons (Fsp3) is 0.267. The first-order chi connectivity index (χ1) is 12.1. The molecule has 0 spiro atoms. The van der Waals surface area contributed by atoms with Gasteiger partial charge in [-0.3, -0.25) is 13.9 Å². The number of aromatic nitrogens is 2. The number of ether oxygens (including phenoxy) is 2. The van der Waals surface area contributed by atoms with Gasteiger partial charge in [0.15, 0.2) is 4.77 Å². The molecule has 0 unspecified atom stereocenters. The van der Waals surface area contributed by atoms with Crippen LogP contribution < -0.4 is 39.9 Å². The number of hydrogen-bond donors (Lipinski definition) is 0. The van der Waals surface area contributed by atoms with E-state index in [1.54, 1.807) is 30.3 Å². The SMILES string of the molecule is COC(=O)Oc1c(Cc2ccccc2)c(=O)n(CS(=O)(=O)[O-])c(=S)n1C.[Na+]. The molecule has 0 fully saturated rings. The quantitative estimate of drug-likeness (QED) is 0.239. The Morgan fingerprint density at radius 3 is 2.37 bits per heavy atom. The Labute approximate surface area is 182 Å². The monoisotopic (exact) mass is 422 g/mol. The van der Waals surface area contributed by atoms with Gasteiger partial charge in [0.05, 0.1) is 12.7 Å². The van der Waals surface area contributed by atoms with Gasteiger partial charge in [-0.05, 0) is 17.8 Å². The standard InChI is InChI=1S/C15H16N2O7S2.Na/c1-16-13(24-15(19)23-2)11(8-10-6-4-3-5-7-10)12(18)17(14(16)25)9-26(20,21)22;/h3-7H,8-9H2,1-2H3,(H,20,21,22);/q;+1/p-1. The Morgan fingerprint density at radius 1 is 1.26 bits per heavy atom. The van der Waals surface area contributed by atoms with Crippen molar-refractivity contribution >= 4 is 28.5 Å². The van der Waals surface area contributed by atoms with Crippen LogP contribution in [-0.2, 0) is 34.2 Å². The molecule has 0 amide bonds. The van der Waals surface area contributed by atoms with E-state index in [0.717, 1.165) is 11.7 Å². The summed E-state index contributed by atoms with van der Waals surface area (Å²) in [5, 5.41) is 0. The predicted molar refractivity (Wildman–Crippen MR) is 92.5 cm³/mol. The molecule has 0 aliphatic carbocycles. The van der Waals surface area contributed by atoms with E-state index in [2.05, 4.69) is 4.74 Å². The zero-order chi connectivity index (χ0) is 19.5. The molecular weight excluding hydrogens is 407 g/mol. The van der Waals surface area contributed by atoms with Gasteiger partial charge < -0.3 is 14.0 Å². The first-order valence-electron chi connectivity index (χ1n) is 7.20. The molecule has 0 saturated carbocycles. The van der Waals surface area contributed by atoms with Gasteiger partial charge in [-0.1, -0.05) is 30.3 Å². The second kappa shape index (κ2) is 9.62. The molecule has 0 bridgehead atoms. The second-order valence-corrected chi connectivity index (χ2v) is 7.00. The normalized spacial score (nSPS) is 10.8. The molecule has 140 valence electrons. The van der Waals surface area contributed by atoms with Crippen LogP contribution in [0, 0.1) is 4.77 Å². The van der Waals surface area contributed by atoms with Gasteiger partial charge in [0, 0.05) is 13.5 Å². The van der Waals surface area contributed by atoms with E-state index in [9.17, 15) is 22.6 Å². The van der Waals surface area contributed by atoms with Crippen molar-refractivity contribution in [3.05, 3.63) is 56.6 Å². The third kappa shape index (κ3) is 5.99. The van der Waals surface area contributed by atoms with Crippen molar-refractivity contribution in [1.29, 1.82) is 0 Å². The number of carbonyl (C=O) groups is 1. The van der Waals surface area contributed by atoms with Crippen molar-refractivity contribution in [2.24, 2.45) is 7.05 Å². The van der Waals surface area contributed by atoms with E-state index in [4.69, 9.17) is 17.0 Å². The van der Waals surface area contributed by atoms with Gasteiger partial charge in [0.2, 0.25) is 5.88 Å². The maximum absolute atomic E-state index is 12.8. The summed E-state index contributed by atoms with van der Waals surface area (Å²) in [6, 6.07) is 8.75. The smallest absolute Gasteiger partial charge is 0.747 e. The van der Waals surface area contributed by atoms with E-state index in [1.165, 1.54) is 7.05 Å². The third-order valence-electron chi connectivity index (χ3n) is 3.44. The van der Waals surface area contributed by atoms with Gasteiger partial charge in [-0.25, -0.2) is 13.2 Å². The molecule has 1 aromatic heterocycles. The van der Waals surface area contributed by atoms with Crippen LogP contribution in [0.3, 0.4) is 0 Å². The Hall–Kier alpha value is -1.50. The van der Waals surface area contributed by atoms with Crippen molar-refractivity contribution in [2.75, 3.05) is 7.11 Å². The van der Waals surface area contributed by atoms with E-state index >= 15 is 0 Å². The van der Waals surface area contributed by atoms with Gasteiger partial charge in [-0.2, -0.15) is 0 Å². The van der Waals surface area contributed by atoms with Crippen molar-refractivity contribution in [1.82, 2.24) is 9.13 Å². The summed E-state index contributed by atoms with van der Waals surface area (Å²) in [6.45, 7) is 0. The molecule has 0 aliphatic rings. The predicted octanol–water partition coefficient (Wildman–Crippen LogP) is -1.84. The molecule has 12 heteroatoms. The summed E-state index contributed by atoms with van der Waals surface area (Å²) in [4.78, 5) is 24.3. The minimum Gasteiger partial charge on any atom is -0.747 e. The summed E-state index contributed by atoms with van der Waals surface area (Å²) >= 11 is 5.04. The van der Waals surface area contributed by atoms with Crippen LogP contribution in [0.25, 0.3) is 0 Å². The van der Waals surface area contributed by atoms with Gasteiger partial charge in [0.25, 0.3) is 5.56 Å². The van der Waals surface area contributed by atoms with E-state index < -0.39 is 27.7 Å². The van der Waals surface area contributed by atoms with E-state index in [0.29, 0.717) is 10.1 Å². The fourth-order valence-corrected chi connectivity index (χ4v) is 3.15. The first-order valence-corrected chi connectivity index (χ1v) is 9.18. The van der Waals surface area contributed by atoms with Gasteiger partial charge in [0.1, 0.15) is 16.0 Å². The zero-order valence-corrected chi connectivity index (χ0v) is 18.5. The summed E-state index contributed by atoms with van der Waals surface area (Å²) in [5.74, 6) is -1.31. The number of carbonyl (C=O) groups excluding carboxylic acids is 1. The van der Waals surface area contributed by atoms with Crippen LogP contribution >= 0.6 is 12.2 Å². The number of benzene rings is 1. The van der Waals surface area contributed by atoms with Crippen LogP contribution in [-0.4, -0.2) is 35.4 Å². The van der Waals surface area contributed by atoms with E-state index in [1.807, 2.05) is 0 Å². The average Bonchev–Trinajstić information content (AvgIpc) is 2.59. The Morgan fingerprint density at radius 2 is 1.85 bits per heavy atom. The van der Waals surface area contributed by atoms with Crippen molar-refractivity contribution < 1.29 is 56.8 Å². The number of methoxy groups -OCH3 is 1. The first kappa shape index (κ1) is 23.5. The van der Waals surface area contributed by atoms with Gasteiger partial charge >= 0.3 is 35.7 Å². The fourth-order valence-electron chi connectivity index (χ4n) is 2.29. The molecule has 2 rings (SSSR count). The third-order valence-corrected chi connectivity index (χ3v) is 4.51. The molecule has 0 N–H and O–H groups in total. The van der Waals surface area contributed by atoms with Crippen molar-refractivity contribution in [3.8, 4) is 5.88 Å².